The van der Waals surface area contributed by atoms with Gasteiger partial charge in [-0.25, -0.2) is 9.97 Å². The molecule has 0 unspecified atom stereocenters. The third-order valence-electron chi connectivity index (χ3n) is 12.5. The number of hydrogen-bond donors (Lipinski definition) is 3. The van der Waals surface area contributed by atoms with Crippen molar-refractivity contribution >= 4 is 86.7 Å². The normalized spacial score (nSPS) is 14.3. The zero-order chi connectivity index (χ0) is 48.5. The number of amides is 4. The van der Waals surface area contributed by atoms with Crippen LogP contribution in [0, 0.1) is 0 Å². The molecule has 0 atom stereocenters. The second kappa shape index (κ2) is 19.0. The molecule has 0 saturated carbocycles. The van der Waals surface area contributed by atoms with Crippen LogP contribution in [0.2, 0.25) is 5.04 Å². The molecule has 2 aliphatic heterocycles. The largest absolute Gasteiger partial charge is 0.407 e. The molecule has 10 rings (SSSR count). The summed E-state index contributed by atoms with van der Waals surface area (Å²) in [6, 6.07) is 28.7. The van der Waals surface area contributed by atoms with E-state index in [1.54, 1.807) is 66.7 Å². The summed E-state index contributed by atoms with van der Waals surface area (Å²) in [6.07, 6.45) is 15.1. The molecule has 3 N–H and O–H groups in total. The van der Waals surface area contributed by atoms with E-state index >= 15 is 0 Å². The van der Waals surface area contributed by atoms with E-state index in [-0.39, 0.29) is 11.6 Å². The van der Waals surface area contributed by atoms with E-state index in [0.717, 1.165) is 22.8 Å². The Kier molecular flexibility index (Phi) is 12.8. The van der Waals surface area contributed by atoms with Crippen molar-refractivity contribution in [2.24, 2.45) is 14.1 Å². The van der Waals surface area contributed by atoms with Crippen LogP contribution in [0.4, 0.5) is 0 Å². The number of benzene rings is 2. The Bertz CT molecular complexity index is 3280. The topological polar surface area (TPSA) is 193 Å². The second-order valence-electron chi connectivity index (χ2n) is 18.0. The summed E-state index contributed by atoms with van der Waals surface area (Å²) in [7, 11) is 0.885. The van der Waals surface area contributed by atoms with Gasteiger partial charge in [-0.1, -0.05) is 81.4 Å². The predicted molar refractivity (Wildman–Crippen MR) is 266 cm³/mol. The highest BCUT2D eigenvalue weighted by Crippen LogP contribution is 2.39. The molecule has 8 aromatic rings. The number of aliphatic hydroxyl groups excluding tert-OH is 1. The van der Waals surface area contributed by atoms with Crippen molar-refractivity contribution in [3.63, 3.8) is 0 Å². The second-order valence-corrected chi connectivity index (χ2v) is 22.3. The van der Waals surface area contributed by atoms with Crippen molar-refractivity contribution in [2.45, 2.75) is 51.7 Å². The highest BCUT2D eigenvalue weighted by atomic mass is 28.4. The molecule has 16 nitrogen and oxygen atoms in total. The van der Waals surface area contributed by atoms with Crippen LogP contribution >= 0.6 is 0 Å². The maximum absolute atomic E-state index is 13.1. The van der Waals surface area contributed by atoms with Gasteiger partial charge in [0, 0.05) is 111 Å². The number of aryl methyl sites for hydroxylation is 4. The van der Waals surface area contributed by atoms with E-state index < -0.39 is 31.9 Å². The number of hydrogen-bond acceptors (Lipinski definition) is 10. The van der Waals surface area contributed by atoms with Gasteiger partial charge in [-0.3, -0.25) is 39.2 Å². The van der Waals surface area contributed by atoms with Gasteiger partial charge in [0.25, 0.3) is 31.9 Å². The maximum atomic E-state index is 13.1. The molecular weight excluding hydrogens is 889 g/mol. The van der Waals surface area contributed by atoms with Crippen LogP contribution in [-0.2, 0) is 50.8 Å². The first-order valence-electron chi connectivity index (χ1n) is 22.7. The lowest BCUT2D eigenvalue weighted by Gasteiger charge is -2.43. The van der Waals surface area contributed by atoms with Gasteiger partial charge in [-0.2, -0.15) is 10.2 Å². The van der Waals surface area contributed by atoms with Gasteiger partial charge in [0.15, 0.2) is 0 Å². The Morgan fingerprint density at radius 2 is 1.01 bits per heavy atom. The van der Waals surface area contributed by atoms with Crippen molar-refractivity contribution in [3.8, 4) is 0 Å². The molecule has 17 heteroatoms. The maximum Gasteiger partial charge on any atom is 0.261 e. The Morgan fingerprint density at radius 1 is 0.580 bits per heavy atom. The molecule has 0 spiro atoms. The van der Waals surface area contributed by atoms with Gasteiger partial charge in [0.2, 0.25) is 0 Å². The Morgan fingerprint density at radius 3 is 1.42 bits per heavy atom. The summed E-state index contributed by atoms with van der Waals surface area (Å²) in [5, 5.41) is 26.3. The standard InChI is InChI=1S/C34H35N5O3Si.C18H17N5O3/c1-34(2,3)43(25-13-7-5-8-14-25,26-15-9-6-10-16-26)42-20-12-19-39-23-28(27-17-11-18-35-31(27)39)30-29(32(40)37-33(30)41)24-21-36-38(4)22-24;1-22-9-11(8-20-22)14-15(18(26)21-17(14)25)13-10-23(6-3-7-24)16-12(13)4-2-5-19-16/h5-11,13-18,21-23H,12,19-20H2,1-4H3,(H,37,40,41);2,4-5,8-10,24H,3,6-7H2,1H3,(H,21,25,26). The summed E-state index contributed by atoms with van der Waals surface area (Å²) in [5.74, 6) is -1.70. The Balaban J connectivity index is 0.000000194. The van der Waals surface area contributed by atoms with Crippen molar-refractivity contribution < 1.29 is 28.7 Å². The van der Waals surface area contributed by atoms with E-state index in [4.69, 9.17) is 9.53 Å². The lowest BCUT2D eigenvalue weighted by molar-refractivity contribution is -0.124. The predicted octanol–water partition coefficient (Wildman–Crippen LogP) is 5.02. The van der Waals surface area contributed by atoms with E-state index in [9.17, 15) is 19.2 Å². The molecule has 0 saturated heterocycles. The minimum atomic E-state index is -2.65. The van der Waals surface area contributed by atoms with Crippen LogP contribution in [0.15, 0.2) is 135 Å². The SMILES string of the molecule is Cn1cc(C2=C(c3cn(CCCO)c4ncccc34)C(=O)NC2=O)cn1.Cn1cc(C2=C(c3cn(CCCO[Si](c4ccccc4)(c4ccccc4)C(C)(C)C)c4ncccc34)C(=O)NC2=O)cn1. The number of carbonyl (C=O) groups is 4. The van der Waals surface area contributed by atoms with Gasteiger partial charge in [0.05, 0.1) is 34.7 Å². The molecule has 0 radical (unpaired) electrons. The Labute approximate surface area is 399 Å². The number of nitrogens with zero attached hydrogens (tertiary/aromatic N) is 8. The van der Waals surface area contributed by atoms with Gasteiger partial charge in [-0.05, 0) is 52.5 Å². The molecule has 350 valence electrons. The molecule has 6 aromatic heterocycles. The van der Waals surface area contributed by atoms with Gasteiger partial charge < -0.3 is 18.7 Å². The van der Waals surface area contributed by atoms with Gasteiger partial charge >= 0.3 is 0 Å². The summed E-state index contributed by atoms with van der Waals surface area (Å²) in [6.45, 7) is 8.64. The first-order valence-corrected chi connectivity index (χ1v) is 24.6. The fourth-order valence-corrected chi connectivity index (χ4v) is 14.1. The summed E-state index contributed by atoms with van der Waals surface area (Å²) in [4.78, 5) is 60.0. The van der Waals surface area contributed by atoms with Crippen LogP contribution in [0.25, 0.3) is 44.4 Å². The number of pyridine rings is 2. The number of fused-ring (bicyclic) bond motifs is 2. The fourth-order valence-electron chi connectivity index (χ4n) is 9.52. The van der Waals surface area contributed by atoms with Gasteiger partial charge in [-0.15, -0.1) is 0 Å². The lowest BCUT2D eigenvalue weighted by atomic mass is 9.98. The molecule has 0 fully saturated rings. The van der Waals surface area contributed by atoms with Crippen molar-refractivity contribution in [1.82, 2.24) is 49.3 Å². The molecule has 4 amide bonds. The average Bonchev–Trinajstić information content (AvgIpc) is 4.21. The van der Waals surface area contributed by atoms with Gasteiger partial charge in [0.1, 0.15) is 11.3 Å². The first kappa shape index (κ1) is 46.3. The van der Waals surface area contributed by atoms with Crippen LogP contribution in [0.3, 0.4) is 0 Å². The first-order chi connectivity index (χ1) is 33.3. The van der Waals surface area contributed by atoms with Crippen LogP contribution in [0.1, 0.15) is 55.9 Å². The number of nitrogens with one attached hydrogen (secondary N) is 2. The van der Waals surface area contributed by atoms with E-state index in [0.29, 0.717) is 76.3 Å². The molecule has 0 aliphatic carbocycles. The number of imide groups is 2. The number of aromatic nitrogens is 8. The number of aliphatic hydroxyl groups is 1. The molecule has 8 heterocycles. The summed E-state index contributed by atoms with van der Waals surface area (Å²) < 4.78 is 14.2. The zero-order valence-electron chi connectivity index (χ0n) is 39.0. The van der Waals surface area contributed by atoms with Crippen molar-refractivity contribution in [2.75, 3.05) is 13.2 Å². The average molecular weight is 941 g/mol. The van der Waals surface area contributed by atoms with E-state index in [1.807, 2.05) is 47.3 Å². The molecule has 0 bridgehead atoms. The third-order valence-corrected chi connectivity index (χ3v) is 17.5. The van der Waals surface area contributed by atoms with Crippen LogP contribution in [0.5, 0.6) is 0 Å². The van der Waals surface area contributed by atoms with Crippen molar-refractivity contribution in [1.29, 1.82) is 0 Å². The smallest absolute Gasteiger partial charge is 0.261 e. The van der Waals surface area contributed by atoms with Crippen LogP contribution < -0.4 is 21.0 Å². The Hall–Kier alpha value is -7.86. The molecule has 69 heavy (non-hydrogen) atoms. The summed E-state index contributed by atoms with van der Waals surface area (Å²) >= 11 is 0. The monoisotopic (exact) mass is 940 g/mol. The molecule has 2 aliphatic rings. The third kappa shape index (κ3) is 8.67. The molecule has 2 aromatic carbocycles. The number of carbonyl (C=O) groups excluding carboxylic acids is 4. The highest BCUT2D eigenvalue weighted by molar-refractivity contribution is 6.99. The summed E-state index contributed by atoms with van der Waals surface area (Å²) in [5.41, 5.74) is 5.29. The van der Waals surface area contributed by atoms with Crippen LogP contribution in [-0.4, -0.2) is 88.9 Å². The molecular formula is C52H52N10O6Si. The zero-order valence-corrected chi connectivity index (χ0v) is 40.0. The number of rotatable bonds is 14. The van der Waals surface area contributed by atoms with Crippen molar-refractivity contribution in [3.05, 3.63) is 157 Å². The van der Waals surface area contributed by atoms with E-state index in [2.05, 4.69) is 105 Å². The minimum absolute atomic E-state index is 0.0600. The fraction of sp³-hybridized carbons (Fsp3) is 0.231. The highest BCUT2D eigenvalue weighted by Gasteiger charge is 2.50. The lowest BCUT2D eigenvalue weighted by Crippen LogP contribution is -2.66. The quantitative estimate of drug-likeness (QED) is 0.0758. The minimum Gasteiger partial charge on any atom is -0.407 e. The van der Waals surface area contributed by atoms with E-state index in [1.165, 1.54) is 10.4 Å².